The van der Waals surface area contributed by atoms with Crippen molar-refractivity contribution in [2.75, 3.05) is 19.6 Å². The minimum atomic E-state index is -0.407. The molecule has 1 aliphatic heterocycles. The van der Waals surface area contributed by atoms with E-state index < -0.39 is 5.60 Å². The average molecular weight is 228 g/mol. The van der Waals surface area contributed by atoms with Gasteiger partial charge in [-0.2, -0.15) is 0 Å². The van der Waals surface area contributed by atoms with Crippen molar-refractivity contribution in [1.82, 2.24) is 10.2 Å². The SMILES string of the molecule is C[C@@H]1CN(C(=O)OC(C)(C)C)CCCCN1. The lowest BCUT2D eigenvalue weighted by atomic mass is 10.2. The molecule has 0 aliphatic carbocycles. The van der Waals surface area contributed by atoms with Gasteiger partial charge in [-0.1, -0.05) is 0 Å². The molecule has 1 N–H and O–H groups in total. The lowest BCUT2D eigenvalue weighted by molar-refractivity contribution is 0.0223. The third kappa shape index (κ3) is 4.84. The van der Waals surface area contributed by atoms with E-state index in [0.29, 0.717) is 6.04 Å². The Bertz CT molecular complexity index is 236. The van der Waals surface area contributed by atoms with Gasteiger partial charge < -0.3 is 15.0 Å². The van der Waals surface area contributed by atoms with E-state index in [1.807, 2.05) is 25.7 Å². The summed E-state index contributed by atoms with van der Waals surface area (Å²) in [6.45, 7) is 10.4. The van der Waals surface area contributed by atoms with E-state index in [1.54, 1.807) is 0 Å². The van der Waals surface area contributed by atoms with Gasteiger partial charge in [0.15, 0.2) is 0 Å². The molecule has 0 saturated carbocycles. The van der Waals surface area contributed by atoms with Crippen LogP contribution in [-0.4, -0.2) is 42.3 Å². The van der Waals surface area contributed by atoms with Crippen LogP contribution in [-0.2, 0) is 4.74 Å². The Morgan fingerprint density at radius 3 is 2.69 bits per heavy atom. The highest BCUT2D eigenvalue weighted by molar-refractivity contribution is 5.68. The summed E-state index contributed by atoms with van der Waals surface area (Å²) >= 11 is 0. The van der Waals surface area contributed by atoms with Gasteiger partial charge in [0.1, 0.15) is 5.60 Å². The van der Waals surface area contributed by atoms with Crippen LogP contribution in [0.25, 0.3) is 0 Å². The van der Waals surface area contributed by atoms with Gasteiger partial charge in [0.2, 0.25) is 0 Å². The fraction of sp³-hybridized carbons (Fsp3) is 0.917. The number of nitrogens with zero attached hydrogens (tertiary/aromatic N) is 1. The van der Waals surface area contributed by atoms with Crippen molar-refractivity contribution in [1.29, 1.82) is 0 Å². The Morgan fingerprint density at radius 1 is 1.38 bits per heavy atom. The minimum absolute atomic E-state index is 0.192. The monoisotopic (exact) mass is 228 g/mol. The Morgan fingerprint density at radius 2 is 2.06 bits per heavy atom. The van der Waals surface area contributed by atoms with E-state index in [-0.39, 0.29) is 6.09 Å². The third-order valence-electron chi connectivity index (χ3n) is 2.49. The molecule has 1 atom stereocenters. The highest BCUT2D eigenvalue weighted by Gasteiger charge is 2.23. The number of ether oxygens (including phenoxy) is 1. The predicted octanol–water partition coefficient (Wildman–Crippen LogP) is 2.00. The second kappa shape index (κ2) is 5.53. The number of carbonyl (C=O) groups is 1. The van der Waals surface area contributed by atoms with Crippen molar-refractivity contribution in [2.45, 2.75) is 52.2 Å². The molecule has 0 aromatic heterocycles. The summed E-state index contributed by atoms with van der Waals surface area (Å²) in [5.41, 5.74) is -0.407. The van der Waals surface area contributed by atoms with Gasteiger partial charge in [-0.15, -0.1) is 0 Å². The zero-order valence-corrected chi connectivity index (χ0v) is 10.9. The fourth-order valence-corrected chi connectivity index (χ4v) is 1.75. The Labute approximate surface area is 98.3 Å². The van der Waals surface area contributed by atoms with Crippen LogP contribution in [0.5, 0.6) is 0 Å². The van der Waals surface area contributed by atoms with Crippen LogP contribution in [0, 0.1) is 0 Å². The topological polar surface area (TPSA) is 41.6 Å². The van der Waals surface area contributed by atoms with Crippen molar-refractivity contribution >= 4 is 6.09 Å². The minimum Gasteiger partial charge on any atom is -0.444 e. The molecule has 4 heteroatoms. The Balaban J connectivity index is 2.51. The number of amides is 1. The highest BCUT2D eigenvalue weighted by Crippen LogP contribution is 2.11. The molecule has 0 aromatic rings. The molecule has 16 heavy (non-hydrogen) atoms. The molecular formula is C12H24N2O2. The van der Waals surface area contributed by atoms with Crippen molar-refractivity contribution < 1.29 is 9.53 Å². The second-order valence-corrected chi connectivity index (χ2v) is 5.49. The molecule has 0 aromatic carbocycles. The van der Waals surface area contributed by atoms with Crippen molar-refractivity contribution in [3.63, 3.8) is 0 Å². The lowest BCUT2D eigenvalue weighted by Crippen LogP contribution is -2.46. The fourth-order valence-electron chi connectivity index (χ4n) is 1.75. The van der Waals surface area contributed by atoms with Crippen LogP contribution in [0.4, 0.5) is 4.79 Å². The Kier molecular flexibility index (Phi) is 4.59. The molecule has 1 aliphatic rings. The van der Waals surface area contributed by atoms with E-state index in [9.17, 15) is 4.79 Å². The summed E-state index contributed by atoms with van der Waals surface area (Å²) < 4.78 is 5.38. The molecule has 4 nitrogen and oxygen atoms in total. The lowest BCUT2D eigenvalue weighted by Gasteiger charge is -2.31. The van der Waals surface area contributed by atoms with Gasteiger partial charge in [-0.05, 0) is 47.1 Å². The summed E-state index contributed by atoms with van der Waals surface area (Å²) in [6, 6.07) is 0.341. The summed E-state index contributed by atoms with van der Waals surface area (Å²) in [4.78, 5) is 13.7. The number of nitrogens with one attached hydrogen (secondary N) is 1. The molecule has 1 saturated heterocycles. The number of carbonyl (C=O) groups excluding carboxylic acids is 1. The maximum atomic E-state index is 11.9. The molecule has 0 spiro atoms. The number of hydrogen-bond acceptors (Lipinski definition) is 3. The van der Waals surface area contributed by atoms with Gasteiger partial charge in [0.05, 0.1) is 0 Å². The quantitative estimate of drug-likeness (QED) is 0.689. The zero-order chi connectivity index (χ0) is 12.2. The van der Waals surface area contributed by atoms with Crippen molar-refractivity contribution in [3.8, 4) is 0 Å². The molecule has 1 rings (SSSR count). The molecule has 0 radical (unpaired) electrons. The van der Waals surface area contributed by atoms with Crippen LogP contribution >= 0.6 is 0 Å². The van der Waals surface area contributed by atoms with Gasteiger partial charge in [-0.25, -0.2) is 4.79 Å². The largest absolute Gasteiger partial charge is 0.444 e. The third-order valence-corrected chi connectivity index (χ3v) is 2.49. The average Bonchev–Trinajstić information content (AvgIpc) is 2.07. The second-order valence-electron chi connectivity index (χ2n) is 5.49. The number of hydrogen-bond donors (Lipinski definition) is 1. The van der Waals surface area contributed by atoms with E-state index in [1.165, 1.54) is 0 Å². The van der Waals surface area contributed by atoms with Crippen LogP contribution < -0.4 is 5.32 Å². The van der Waals surface area contributed by atoms with Gasteiger partial charge in [0, 0.05) is 19.1 Å². The predicted molar refractivity (Wildman–Crippen MR) is 64.5 cm³/mol. The molecule has 1 fully saturated rings. The van der Waals surface area contributed by atoms with Crippen LogP contribution in [0.15, 0.2) is 0 Å². The highest BCUT2D eigenvalue weighted by atomic mass is 16.6. The first-order chi connectivity index (χ1) is 7.38. The molecule has 1 heterocycles. The van der Waals surface area contributed by atoms with Gasteiger partial charge in [0.25, 0.3) is 0 Å². The maximum absolute atomic E-state index is 11.9. The van der Waals surface area contributed by atoms with E-state index in [4.69, 9.17) is 4.74 Å². The van der Waals surface area contributed by atoms with Gasteiger partial charge in [-0.3, -0.25) is 0 Å². The van der Waals surface area contributed by atoms with Crippen LogP contribution in [0.1, 0.15) is 40.5 Å². The molecule has 1 amide bonds. The van der Waals surface area contributed by atoms with E-state index >= 15 is 0 Å². The van der Waals surface area contributed by atoms with E-state index in [0.717, 1.165) is 32.5 Å². The summed E-state index contributed by atoms with van der Waals surface area (Å²) in [6.07, 6.45) is 1.96. The summed E-state index contributed by atoms with van der Waals surface area (Å²) in [7, 11) is 0. The zero-order valence-electron chi connectivity index (χ0n) is 10.9. The normalized spacial score (nSPS) is 23.5. The standard InChI is InChI=1S/C12H24N2O2/c1-10-9-14(8-6-5-7-13-10)11(15)16-12(2,3)4/h10,13H,5-9H2,1-4H3/t10-/m1/s1. The summed E-state index contributed by atoms with van der Waals surface area (Å²) in [5, 5.41) is 3.38. The smallest absolute Gasteiger partial charge is 0.410 e. The van der Waals surface area contributed by atoms with Crippen molar-refractivity contribution in [3.05, 3.63) is 0 Å². The Hall–Kier alpha value is -0.770. The van der Waals surface area contributed by atoms with Crippen molar-refractivity contribution in [2.24, 2.45) is 0 Å². The maximum Gasteiger partial charge on any atom is 0.410 e. The first-order valence-corrected chi connectivity index (χ1v) is 6.10. The first kappa shape index (κ1) is 13.3. The molecule has 0 bridgehead atoms. The molecule has 0 unspecified atom stereocenters. The molecule has 94 valence electrons. The van der Waals surface area contributed by atoms with Gasteiger partial charge >= 0.3 is 6.09 Å². The summed E-state index contributed by atoms with van der Waals surface area (Å²) in [5.74, 6) is 0. The van der Waals surface area contributed by atoms with Crippen LogP contribution in [0.2, 0.25) is 0 Å². The number of rotatable bonds is 0. The van der Waals surface area contributed by atoms with E-state index in [2.05, 4.69) is 12.2 Å². The first-order valence-electron chi connectivity index (χ1n) is 6.10. The molecular weight excluding hydrogens is 204 g/mol. The van der Waals surface area contributed by atoms with Crippen LogP contribution in [0.3, 0.4) is 0 Å².